The SMILES string of the molecule is CNC(c1ccccc1)c1ccc(OC)c(Br)c1OC. The van der Waals surface area contributed by atoms with Crippen molar-refractivity contribution in [2.24, 2.45) is 0 Å². The van der Waals surface area contributed by atoms with E-state index < -0.39 is 0 Å². The molecule has 0 bridgehead atoms. The van der Waals surface area contributed by atoms with Crippen molar-refractivity contribution in [3.8, 4) is 11.5 Å². The van der Waals surface area contributed by atoms with E-state index in [0.717, 1.165) is 21.5 Å². The number of halogens is 1. The van der Waals surface area contributed by atoms with Crippen molar-refractivity contribution in [3.63, 3.8) is 0 Å². The fourth-order valence-corrected chi connectivity index (χ4v) is 2.98. The molecule has 0 fully saturated rings. The van der Waals surface area contributed by atoms with E-state index in [1.807, 2.05) is 37.4 Å². The molecule has 4 heteroatoms. The van der Waals surface area contributed by atoms with Gasteiger partial charge in [0, 0.05) is 5.56 Å². The van der Waals surface area contributed by atoms with Gasteiger partial charge in [-0.15, -0.1) is 0 Å². The molecule has 20 heavy (non-hydrogen) atoms. The second-order valence-corrected chi connectivity index (χ2v) is 5.13. The van der Waals surface area contributed by atoms with Crippen LogP contribution in [0.1, 0.15) is 17.2 Å². The number of nitrogens with one attached hydrogen (secondary N) is 1. The van der Waals surface area contributed by atoms with Gasteiger partial charge in [-0.2, -0.15) is 0 Å². The molecule has 2 rings (SSSR count). The highest BCUT2D eigenvalue weighted by molar-refractivity contribution is 9.10. The molecule has 0 aliphatic heterocycles. The molecular weight excluding hydrogens is 318 g/mol. The third-order valence-corrected chi connectivity index (χ3v) is 4.00. The van der Waals surface area contributed by atoms with Crippen molar-refractivity contribution in [3.05, 3.63) is 58.1 Å². The van der Waals surface area contributed by atoms with E-state index >= 15 is 0 Å². The summed E-state index contributed by atoms with van der Waals surface area (Å²) in [6.07, 6.45) is 0. The second kappa shape index (κ2) is 6.77. The van der Waals surface area contributed by atoms with Crippen LogP contribution in [0.4, 0.5) is 0 Å². The van der Waals surface area contributed by atoms with E-state index in [9.17, 15) is 0 Å². The summed E-state index contributed by atoms with van der Waals surface area (Å²) < 4.78 is 11.7. The Hall–Kier alpha value is -1.52. The molecule has 0 saturated heterocycles. The van der Waals surface area contributed by atoms with Crippen molar-refractivity contribution in [2.75, 3.05) is 21.3 Å². The topological polar surface area (TPSA) is 30.5 Å². The summed E-state index contributed by atoms with van der Waals surface area (Å²) in [4.78, 5) is 0. The van der Waals surface area contributed by atoms with Gasteiger partial charge in [0.2, 0.25) is 0 Å². The number of hydrogen-bond donors (Lipinski definition) is 1. The molecule has 1 atom stereocenters. The zero-order valence-corrected chi connectivity index (χ0v) is 13.4. The fourth-order valence-electron chi connectivity index (χ4n) is 2.29. The number of ether oxygens (including phenoxy) is 2. The molecule has 106 valence electrons. The summed E-state index contributed by atoms with van der Waals surface area (Å²) in [6, 6.07) is 14.3. The smallest absolute Gasteiger partial charge is 0.141 e. The first kappa shape index (κ1) is 14.9. The highest BCUT2D eigenvalue weighted by atomic mass is 79.9. The molecule has 2 aromatic carbocycles. The Morgan fingerprint density at radius 3 is 2.25 bits per heavy atom. The molecular formula is C16H18BrNO2. The van der Waals surface area contributed by atoms with Gasteiger partial charge in [0.25, 0.3) is 0 Å². The molecule has 3 nitrogen and oxygen atoms in total. The number of rotatable bonds is 5. The first-order valence-corrected chi connectivity index (χ1v) is 7.14. The van der Waals surface area contributed by atoms with Gasteiger partial charge in [0.1, 0.15) is 16.0 Å². The summed E-state index contributed by atoms with van der Waals surface area (Å²) in [6.45, 7) is 0. The minimum atomic E-state index is 0.0633. The van der Waals surface area contributed by atoms with E-state index in [4.69, 9.17) is 9.47 Å². The Kier molecular flexibility index (Phi) is 5.04. The Balaban J connectivity index is 2.53. The maximum atomic E-state index is 5.56. The average Bonchev–Trinajstić information content (AvgIpc) is 2.49. The Labute approximate surface area is 128 Å². The van der Waals surface area contributed by atoms with Crippen LogP contribution in [0.15, 0.2) is 46.9 Å². The predicted octanol–water partition coefficient (Wildman–Crippen LogP) is 3.78. The summed E-state index contributed by atoms with van der Waals surface area (Å²) in [7, 11) is 5.25. The van der Waals surface area contributed by atoms with Gasteiger partial charge in [-0.1, -0.05) is 30.3 Å². The van der Waals surface area contributed by atoms with Crippen LogP contribution in [0.5, 0.6) is 11.5 Å². The third-order valence-electron chi connectivity index (χ3n) is 3.25. The van der Waals surface area contributed by atoms with Crippen LogP contribution in [-0.4, -0.2) is 21.3 Å². The molecule has 1 unspecified atom stereocenters. The van der Waals surface area contributed by atoms with E-state index in [1.165, 1.54) is 5.56 Å². The van der Waals surface area contributed by atoms with E-state index in [1.54, 1.807) is 14.2 Å². The molecule has 0 aliphatic carbocycles. The summed E-state index contributed by atoms with van der Waals surface area (Å²) >= 11 is 3.54. The molecule has 1 N–H and O–H groups in total. The number of methoxy groups -OCH3 is 2. The van der Waals surface area contributed by atoms with Crippen LogP contribution in [0, 0.1) is 0 Å². The number of hydrogen-bond acceptors (Lipinski definition) is 3. The predicted molar refractivity (Wildman–Crippen MR) is 84.6 cm³/mol. The van der Waals surface area contributed by atoms with Gasteiger partial charge in [0.15, 0.2) is 0 Å². The van der Waals surface area contributed by atoms with Crippen molar-refractivity contribution >= 4 is 15.9 Å². The van der Waals surface area contributed by atoms with Crippen molar-refractivity contribution in [2.45, 2.75) is 6.04 Å². The van der Waals surface area contributed by atoms with Crippen molar-refractivity contribution < 1.29 is 9.47 Å². The lowest BCUT2D eigenvalue weighted by Crippen LogP contribution is -2.18. The van der Waals surface area contributed by atoms with E-state index in [0.29, 0.717) is 0 Å². The Morgan fingerprint density at radius 1 is 1.00 bits per heavy atom. The lowest BCUT2D eigenvalue weighted by atomic mass is 9.98. The molecule has 0 aliphatic rings. The molecule has 0 saturated carbocycles. The lowest BCUT2D eigenvalue weighted by molar-refractivity contribution is 0.383. The first-order valence-electron chi connectivity index (χ1n) is 6.35. The average molecular weight is 336 g/mol. The van der Waals surface area contributed by atoms with E-state index in [2.05, 4.69) is 33.4 Å². The minimum absolute atomic E-state index is 0.0633. The van der Waals surface area contributed by atoms with Gasteiger partial charge in [0.05, 0.1) is 20.3 Å². The van der Waals surface area contributed by atoms with Gasteiger partial charge < -0.3 is 14.8 Å². The van der Waals surface area contributed by atoms with Crippen LogP contribution >= 0.6 is 15.9 Å². The summed E-state index contributed by atoms with van der Waals surface area (Å²) in [5.41, 5.74) is 2.25. The second-order valence-electron chi connectivity index (χ2n) is 4.34. The van der Waals surface area contributed by atoms with Gasteiger partial charge in [-0.3, -0.25) is 0 Å². The number of benzene rings is 2. The first-order chi connectivity index (χ1) is 9.72. The minimum Gasteiger partial charge on any atom is -0.495 e. The Morgan fingerprint density at radius 2 is 1.70 bits per heavy atom. The quantitative estimate of drug-likeness (QED) is 0.902. The van der Waals surface area contributed by atoms with Crippen molar-refractivity contribution in [1.29, 1.82) is 0 Å². The van der Waals surface area contributed by atoms with E-state index in [-0.39, 0.29) is 6.04 Å². The Bertz CT molecular complexity index is 572. The molecule has 0 aromatic heterocycles. The molecule has 0 amide bonds. The monoisotopic (exact) mass is 335 g/mol. The van der Waals surface area contributed by atoms with Crippen LogP contribution in [0.3, 0.4) is 0 Å². The van der Waals surface area contributed by atoms with Crippen molar-refractivity contribution in [1.82, 2.24) is 5.32 Å². The fraction of sp³-hybridized carbons (Fsp3) is 0.250. The summed E-state index contributed by atoms with van der Waals surface area (Å²) in [5.74, 6) is 1.54. The highest BCUT2D eigenvalue weighted by Gasteiger charge is 2.20. The normalized spacial score (nSPS) is 12.0. The van der Waals surface area contributed by atoms with Gasteiger partial charge in [-0.25, -0.2) is 0 Å². The zero-order chi connectivity index (χ0) is 14.5. The maximum Gasteiger partial charge on any atom is 0.141 e. The molecule has 2 aromatic rings. The largest absolute Gasteiger partial charge is 0.495 e. The standard InChI is InChI=1S/C16H18BrNO2/c1-18-15(11-7-5-4-6-8-11)12-9-10-13(19-2)14(17)16(12)20-3/h4-10,15,18H,1-3H3. The molecule has 0 spiro atoms. The van der Waals surface area contributed by atoms with Crippen LogP contribution < -0.4 is 14.8 Å². The summed E-state index contributed by atoms with van der Waals surface area (Å²) in [5, 5.41) is 3.33. The lowest BCUT2D eigenvalue weighted by Gasteiger charge is -2.21. The zero-order valence-electron chi connectivity index (χ0n) is 11.8. The molecule has 0 radical (unpaired) electrons. The molecule has 0 heterocycles. The van der Waals surface area contributed by atoms with Crippen LogP contribution in [-0.2, 0) is 0 Å². The van der Waals surface area contributed by atoms with Crippen LogP contribution in [0.25, 0.3) is 0 Å². The van der Waals surface area contributed by atoms with Gasteiger partial charge in [-0.05, 0) is 40.7 Å². The van der Waals surface area contributed by atoms with Gasteiger partial charge >= 0.3 is 0 Å². The third kappa shape index (κ3) is 2.81. The maximum absolute atomic E-state index is 5.56. The van der Waals surface area contributed by atoms with Crippen LogP contribution in [0.2, 0.25) is 0 Å². The highest BCUT2D eigenvalue weighted by Crippen LogP contribution is 2.41.